The van der Waals surface area contributed by atoms with Gasteiger partial charge in [0.15, 0.2) is 0 Å². The van der Waals surface area contributed by atoms with Crippen molar-refractivity contribution in [3.63, 3.8) is 0 Å². The number of carboxylic acids is 1. The highest BCUT2D eigenvalue weighted by Crippen LogP contribution is 2.19. The Balaban J connectivity index is 2.29. The standard InChI is InChI=1S/C15H20N2O2/c1-3-11-8-9-13-12(10-11)16-14(17(13)4-2)6-5-7-15(18)19/h8-10H,3-7H2,1-2H3,(H,18,19). The zero-order valence-electron chi connectivity index (χ0n) is 11.5. The van der Waals surface area contributed by atoms with E-state index in [0.717, 1.165) is 36.2 Å². The molecular formula is C15H20N2O2. The zero-order chi connectivity index (χ0) is 13.8. The van der Waals surface area contributed by atoms with Gasteiger partial charge in [-0.05, 0) is 37.5 Å². The third-order valence-corrected chi connectivity index (χ3v) is 3.41. The predicted octanol–water partition coefficient (Wildman–Crippen LogP) is 3.03. The van der Waals surface area contributed by atoms with Crippen LogP contribution in [-0.4, -0.2) is 20.6 Å². The molecule has 0 saturated heterocycles. The molecule has 0 fully saturated rings. The molecule has 1 heterocycles. The number of carboxylic acid groups (broad SMARTS) is 1. The van der Waals surface area contributed by atoms with Gasteiger partial charge in [-0.15, -0.1) is 0 Å². The number of hydrogen-bond donors (Lipinski definition) is 1. The molecule has 19 heavy (non-hydrogen) atoms. The van der Waals surface area contributed by atoms with Crippen LogP contribution < -0.4 is 0 Å². The Morgan fingerprint density at radius 3 is 2.79 bits per heavy atom. The largest absolute Gasteiger partial charge is 0.481 e. The van der Waals surface area contributed by atoms with Gasteiger partial charge >= 0.3 is 5.97 Å². The van der Waals surface area contributed by atoms with Gasteiger partial charge in [-0.3, -0.25) is 4.79 Å². The van der Waals surface area contributed by atoms with E-state index >= 15 is 0 Å². The van der Waals surface area contributed by atoms with Crippen molar-refractivity contribution in [1.82, 2.24) is 9.55 Å². The third kappa shape index (κ3) is 2.95. The molecule has 2 rings (SSSR count). The SMILES string of the molecule is CCc1ccc2c(c1)nc(CCCC(=O)O)n2CC. The van der Waals surface area contributed by atoms with E-state index < -0.39 is 5.97 Å². The summed E-state index contributed by atoms with van der Waals surface area (Å²) in [5.74, 6) is 0.249. The van der Waals surface area contributed by atoms with Crippen LogP contribution in [0.4, 0.5) is 0 Å². The number of fused-ring (bicyclic) bond motifs is 1. The molecule has 0 radical (unpaired) electrons. The van der Waals surface area contributed by atoms with Crippen LogP contribution in [0.25, 0.3) is 11.0 Å². The Morgan fingerprint density at radius 2 is 2.16 bits per heavy atom. The van der Waals surface area contributed by atoms with Crippen LogP contribution >= 0.6 is 0 Å². The number of nitrogens with zero attached hydrogens (tertiary/aromatic N) is 2. The van der Waals surface area contributed by atoms with Crippen LogP contribution in [0.5, 0.6) is 0 Å². The lowest BCUT2D eigenvalue weighted by Crippen LogP contribution is -2.03. The molecule has 2 aromatic rings. The fourth-order valence-electron chi connectivity index (χ4n) is 2.39. The normalized spacial score (nSPS) is 11.1. The Kier molecular flexibility index (Phi) is 4.20. The fraction of sp³-hybridized carbons (Fsp3) is 0.467. The van der Waals surface area contributed by atoms with E-state index in [4.69, 9.17) is 5.11 Å². The summed E-state index contributed by atoms with van der Waals surface area (Å²) in [7, 11) is 0. The summed E-state index contributed by atoms with van der Waals surface area (Å²) >= 11 is 0. The molecule has 4 nitrogen and oxygen atoms in total. The molecule has 1 N–H and O–H groups in total. The molecule has 1 aromatic carbocycles. The number of hydrogen-bond acceptors (Lipinski definition) is 2. The second-order valence-electron chi connectivity index (χ2n) is 4.70. The molecule has 0 aliphatic rings. The smallest absolute Gasteiger partial charge is 0.303 e. The van der Waals surface area contributed by atoms with Gasteiger partial charge in [0.2, 0.25) is 0 Å². The number of benzene rings is 1. The molecule has 0 aliphatic heterocycles. The molecule has 0 saturated carbocycles. The van der Waals surface area contributed by atoms with Crippen LogP contribution in [0.2, 0.25) is 0 Å². The van der Waals surface area contributed by atoms with Gasteiger partial charge < -0.3 is 9.67 Å². The van der Waals surface area contributed by atoms with Crippen LogP contribution in [0.3, 0.4) is 0 Å². The second kappa shape index (κ2) is 5.87. The summed E-state index contributed by atoms with van der Waals surface area (Å²) in [4.78, 5) is 15.2. The van der Waals surface area contributed by atoms with Crippen molar-refractivity contribution >= 4 is 17.0 Å². The van der Waals surface area contributed by atoms with Crippen molar-refractivity contribution in [2.24, 2.45) is 0 Å². The van der Waals surface area contributed by atoms with Crippen LogP contribution in [0.15, 0.2) is 18.2 Å². The summed E-state index contributed by atoms with van der Waals surface area (Å²) in [6, 6.07) is 6.38. The zero-order valence-corrected chi connectivity index (χ0v) is 11.5. The highest BCUT2D eigenvalue weighted by molar-refractivity contribution is 5.77. The van der Waals surface area contributed by atoms with Crippen molar-refractivity contribution < 1.29 is 9.90 Å². The van der Waals surface area contributed by atoms with Crippen LogP contribution in [0, 0.1) is 0 Å². The first-order valence-corrected chi connectivity index (χ1v) is 6.85. The second-order valence-corrected chi connectivity index (χ2v) is 4.70. The Hall–Kier alpha value is -1.84. The van der Waals surface area contributed by atoms with Gasteiger partial charge in [0, 0.05) is 19.4 Å². The van der Waals surface area contributed by atoms with E-state index in [-0.39, 0.29) is 6.42 Å². The van der Waals surface area contributed by atoms with Gasteiger partial charge in [0.25, 0.3) is 0 Å². The topological polar surface area (TPSA) is 55.1 Å². The van der Waals surface area contributed by atoms with Gasteiger partial charge in [0.1, 0.15) is 5.82 Å². The highest BCUT2D eigenvalue weighted by atomic mass is 16.4. The first-order chi connectivity index (χ1) is 9.15. The summed E-state index contributed by atoms with van der Waals surface area (Å²) in [5, 5.41) is 8.70. The molecule has 0 bridgehead atoms. The lowest BCUT2D eigenvalue weighted by Gasteiger charge is -2.05. The third-order valence-electron chi connectivity index (χ3n) is 3.41. The number of aliphatic carboxylic acids is 1. The van der Waals surface area contributed by atoms with Crippen molar-refractivity contribution in [1.29, 1.82) is 0 Å². The number of imidazole rings is 1. The molecule has 0 unspecified atom stereocenters. The van der Waals surface area contributed by atoms with Crippen LogP contribution in [0.1, 0.15) is 38.1 Å². The average Bonchev–Trinajstić information content (AvgIpc) is 2.74. The van der Waals surface area contributed by atoms with Gasteiger partial charge in [-0.2, -0.15) is 0 Å². The van der Waals surface area contributed by atoms with Gasteiger partial charge in [-0.25, -0.2) is 4.98 Å². The number of aryl methyl sites for hydroxylation is 3. The van der Waals surface area contributed by atoms with E-state index in [9.17, 15) is 4.79 Å². The molecular weight excluding hydrogens is 240 g/mol. The molecule has 0 spiro atoms. The molecule has 0 atom stereocenters. The van der Waals surface area contributed by atoms with Gasteiger partial charge in [0.05, 0.1) is 11.0 Å². The summed E-state index contributed by atoms with van der Waals surface area (Å²) in [6.07, 6.45) is 2.56. The number of aromatic nitrogens is 2. The highest BCUT2D eigenvalue weighted by Gasteiger charge is 2.10. The lowest BCUT2D eigenvalue weighted by atomic mass is 10.1. The quantitative estimate of drug-likeness (QED) is 0.868. The van der Waals surface area contributed by atoms with E-state index in [1.807, 2.05) is 0 Å². The fourth-order valence-corrected chi connectivity index (χ4v) is 2.39. The monoisotopic (exact) mass is 260 g/mol. The summed E-state index contributed by atoms with van der Waals surface area (Å²) in [6.45, 7) is 5.09. The Morgan fingerprint density at radius 1 is 1.37 bits per heavy atom. The number of rotatable bonds is 6. The maximum absolute atomic E-state index is 10.6. The Bertz CT molecular complexity index is 587. The van der Waals surface area contributed by atoms with Crippen molar-refractivity contribution in [3.05, 3.63) is 29.6 Å². The average molecular weight is 260 g/mol. The van der Waals surface area contributed by atoms with Crippen LogP contribution in [-0.2, 0) is 24.2 Å². The van der Waals surface area contributed by atoms with E-state index in [2.05, 4.69) is 41.6 Å². The minimum atomic E-state index is -0.743. The van der Waals surface area contributed by atoms with Crippen molar-refractivity contribution in [2.75, 3.05) is 0 Å². The molecule has 4 heteroatoms. The predicted molar refractivity (Wildman–Crippen MR) is 75.4 cm³/mol. The summed E-state index contributed by atoms with van der Waals surface area (Å²) in [5.41, 5.74) is 3.45. The maximum atomic E-state index is 10.6. The summed E-state index contributed by atoms with van der Waals surface area (Å²) < 4.78 is 2.18. The first-order valence-electron chi connectivity index (χ1n) is 6.85. The van der Waals surface area contributed by atoms with Crippen molar-refractivity contribution in [2.45, 2.75) is 46.1 Å². The molecule has 0 amide bonds. The number of carbonyl (C=O) groups is 1. The minimum Gasteiger partial charge on any atom is -0.481 e. The minimum absolute atomic E-state index is 0.202. The van der Waals surface area contributed by atoms with E-state index in [0.29, 0.717) is 6.42 Å². The molecule has 0 aliphatic carbocycles. The van der Waals surface area contributed by atoms with E-state index in [1.165, 1.54) is 5.56 Å². The first kappa shape index (κ1) is 13.6. The van der Waals surface area contributed by atoms with Crippen molar-refractivity contribution in [3.8, 4) is 0 Å². The van der Waals surface area contributed by atoms with Gasteiger partial charge in [-0.1, -0.05) is 13.0 Å². The molecule has 1 aromatic heterocycles. The molecule has 102 valence electrons. The lowest BCUT2D eigenvalue weighted by molar-refractivity contribution is -0.137. The Labute approximate surface area is 113 Å². The maximum Gasteiger partial charge on any atom is 0.303 e. The van der Waals surface area contributed by atoms with E-state index in [1.54, 1.807) is 0 Å².